The van der Waals surface area contributed by atoms with Crippen molar-refractivity contribution < 1.29 is 14.7 Å². The van der Waals surface area contributed by atoms with E-state index >= 15 is 0 Å². The number of ketones is 1. The first-order valence-electron chi connectivity index (χ1n) is 6.78. The van der Waals surface area contributed by atoms with Crippen LogP contribution in [0.3, 0.4) is 0 Å². The van der Waals surface area contributed by atoms with Crippen molar-refractivity contribution in [1.29, 1.82) is 0 Å². The van der Waals surface area contributed by atoms with Crippen LogP contribution in [0, 0.1) is 27.7 Å². The second-order valence-electron chi connectivity index (χ2n) is 5.41. The molecule has 0 radical (unpaired) electrons. The highest BCUT2D eigenvalue weighted by atomic mass is 16.4. The molecule has 0 saturated heterocycles. The lowest BCUT2D eigenvalue weighted by molar-refractivity contribution is 0.0692. The number of aromatic carboxylic acids is 1. The lowest BCUT2D eigenvalue weighted by atomic mass is 9.90. The van der Waals surface area contributed by atoms with Crippen LogP contribution in [0.5, 0.6) is 0 Å². The number of carbonyl (C=O) groups is 2. The summed E-state index contributed by atoms with van der Waals surface area (Å²) < 4.78 is 0. The van der Waals surface area contributed by atoms with Gasteiger partial charge in [-0.15, -0.1) is 0 Å². The summed E-state index contributed by atoms with van der Waals surface area (Å²) in [7, 11) is 0. The summed E-state index contributed by atoms with van der Waals surface area (Å²) in [6.45, 7) is 7.44. The molecule has 2 aromatic rings. The van der Waals surface area contributed by atoms with E-state index in [1.807, 2.05) is 32.9 Å². The maximum atomic E-state index is 12.8. The molecule has 0 unspecified atom stereocenters. The van der Waals surface area contributed by atoms with Crippen LogP contribution in [-0.2, 0) is 0 Å². The first-order chi connectivity index (χ1) is 9.82. The molecule has 1 N–H and O–H groups in total. The van der Waals surface area contributed by atoms with Crippen LogP contribution in [0.2, 0.25) is 0 Å². The van der Waals surface area contributed by atoms with Gasteiger partial charge in [-0.25, -0.2) is 4.79 Å². The maximum Gasteiger partial charge on any atom is 0.336 e. The van der Waals surface area contributed by atoms with Crippen LogP contribution in [0.1, 0.15) is 48.5 Å². The molecule has 0 amide bonds. The van der Waals surface area contributed by atoms with Gasteiger partial charge >= 0.3 is 5.97 Å². The van der Waals surface area contributed by atoms with E-state index in [1.54, 1.807) is 25.1 Å². The average Bonchev–Trinajstić information content (AvgIpc) is 2.36. The number of hydrogen-bond donors (Lipinski definition) is 1. The number of carbonyl (C=O) groups excluding carboxylic acids is 1. The Bertz CT molecular complexity index is 719. The number of aryl methyl sites for hydroxylation is 4. The van der Waals surface area contributed by atoms with Crippen LogP contribution in [0.15, 0.2) is 30.3 Å². The Hall–Kier alpha value is -2.42. The van der Waals surface area contributed by atoms with Gasteiger partial charge in [0.25, 0.3) is 0 Å². The maximum absolute atomic E-state index is 12.8. The Balaban J connectivity index is 2.67. The third-order valence-corrected chi connectivity index (χ3v) is 3.64. The summed E-state index contributed by atoms with van der Waals surface area (Å²) >= 11 is 0. The van der Waals surface area contributed by atoms with Gasteiger partial charge in [0.15, 0.2) is 5.78 Å². The van der Waals surface area contributed by atoms with Crippen LogP contribution < -0.4 is 0 Å². The summed E-state index contributed by atoms with van der Waals surface area (Å²) in [5, 5.41) is 9.37. The van der Waals surface area contributed by atoms with Gasteiger partial charge in [-0.1, -0.05) is 35.9 Å². The molecule has 2 rings (SSSR count). The molecule has 2 aromatic carbocycles. The fourth-order valence-electron chi connectivity index (χ4n) is 2.81. The molecule has 0 aliphatic rings. The topological polar surface area (TPSA) is 54.4 Å². The van der Waals surface area contributed by atoms with E-state index in [-0.39, 0.29) is 16.9 Å². The van der Waals surface area contributed by atoms with Crippen molar-refractivity contribution in [3.05, 3.63) is 69.3 Å². The Morgan fingerprint density at radius 1 is 0.857 bits per heavy atom. The Kier molecular flexibility index (Phi) is 3.94. The predicted molar refractivity (Wildman–Crippen MR) is 82.2 cm³/mol. The van der Waals surface area contributed by atoms with Crippen molar-refractivity contribution in [2.45, 2.75) is 27.7 Å². The van der Waals surface area contributed by atoms with Gasteiger partial charge in [-0.05, 0) is 44.4 Å². The van der Waals surface area contributed by atoms with Gasteiger partial charge in [0.2, 0.25) is 0 Å². The smallest absolute Gasteiger partial charge is 0.336 e. The highest BCUT2D eigenvalue weighted by molar-refractivity contribution is 6.16. The second kappa shape index (κ2) is 5.52. The summed E-state index contributed by atoms with van der Waals surface area (Å²) in [6, 6.07) is 8.88. The molecule has 0 saturated carbocycles. The van der Waals surface area contributed by atoms with Crippen molar-refractivity contribution in [3.8, 4) is 0 Å². The van der Waals surface area contributed by atoms with Crippen molar-refractivity contribution in [3.63, 3.8) is 0 Å². The molecule has 0 bridgehead atoms. The molecule has 108 valence electrons. The zero-order valence-electron chi connectivity index (χ0n) is 12.7. The summed E-state index contributed by atoms with van der Waals surface area (Å²) in [5.74, 6) is -1.30. The molecular weight excluding hydrogens is 264 g/mol. The fourth-order valence-corrected chi connectivity index (χ4v) is 2.81. The first-order valence-corrected chi connectivity index (χ1v) is 6.78. The van der Waals surface area contributed by atoms with Crippen molar-refractivity contribution in [2.75, 3.05) is 0 Å². The van der Waals surface area contributed by atoms with E-state index < -0.39 is 5.97 Å². The van der Waals surface area contributed by atoms with Gasteiger partial charge in [-0.2, -0.15) is 0 Å². The zero-order chi connectivity index (χ0) is 15.7. The van der Waals surface area contributed by atoms with Crippen molar-refractivity contribution in [2.24, 2.45) is 0 Å². The fraction of sp³-hybridized carbons (Fsp3) is 0.222. The van der Waals surface area contributed by atoms with Gasteiger partial charge in [0.05, 0.1) is 5.56 Å². The molecule has 0 heterocycles. The minimum absolute atomic E-state index is 0.0851. The van der Waals surface area contributed by atoms with E-state index in [0.29, 0.717) is 11.1 Å². The summed E-state index contributed by atoms with van der Waals surface area (Å²) in [4.78, 5) is 24.3. The Morgan fingerprint density at radius 2 is 1.43 bits per heavy atom. The Morgan fingerprint density at radius 3 is 1.95 bits per heavy atom. The minimum Gasteiger partial charge on any atom is -0.478 e. The van der Waals surface area contributed by atoms with E-state index in [2.05, 4.69) is 0 Å². The van der Waals surface area contributed by atoms with E-state index in [4.69, 9.17) is 0 Å². The van der Waals surface area contributed by atoms with E-state index in [9.17, 15) is 14.7 Å². The van der Waals surface area contributed by atoms with Crippen LogP contribution >= 0.6 is 0 Å². The largest absolute Gasteiger partial charge is 0.478 e. The number of rotatable bonds is 3. The molecule has 0 aliphatic carbocycles. The van der Waals surface area contributed by atoms with Crippen molar-refractivity contribution >= 4 is 11.8 Å². The number of carboxylic acid groups (broad SMARTS) is 1. The number of hydrogen-bond acceptors (Lipinski definition) is 2. The Labute approximate surface area is 124 Å². The number of carboxylic acids is 1. The molecule has 0 atom stereocenters. The number of benzene rings is 2. The van der Waals surface area contributed by atoms with Gasteiger partial charge in [0.1, 0.15) is 0 Å². The lowest BCUT2D eigenvalue weighted by Crippen LogP contribution is -2.13. The van der Waals surface area contributed by atoms with Gasteiger partial charge in [0, 0.05) is 11.1 Å². The SMILES string of the molecule is Cc1cc(C)c(C(=O)c2cccc(C)c2C(=O)O)c(C)c1. The molecule has 21 heavy (non-hydrogen) atoms. The van der Waals surface area contributed by atoms with Gasteiger partial charge < -0.3 is 5.11 Å². The predicted octanol–water partition coefficient (Wildman–Crippen LogP) is 3.85. The summed E-state index contributed by atoms with van der Waals surface area (Å²) in [6.07, 6.45) is 0. The molecule has 3 heteroatoms. The molecule has 0 aromatic heterocycles. The van der Waals surface area contributed by atoms with Gasteiger partial charge in [-0.3, -0.25) is 4.79 Å². The highest BCUT2D eigenvalue weighted by Gasteiger charge is 2.22. The third-order valence-electron chi connectivity index (χ3n) is 3.64. The quantitative estimate of drug-likeness (QED) is 0.870. The van der Waals surface area contributed by atoms with Crippen molar-refractivity contribution in [1.82, 2.24) is 0 Å². The standard InChI is InChI=1S/C18H18O3/c1-10-8-12(3)15(13(4)9-10)17(19)14-7-5-6-11(2)16(14)18(20)21/h5-9H,1-4H3,(H,20,21). The monoisotopic (exact) mass is 282 g/mol. The average molecular weight is 282 g/mol. The zero-order valence-corrected chi connectivity index (χ0v) is 12.7. The third kappa shape index (κ3) is 2.72. The van der Waals surface area contributed by atoms with E-state index in [1.165, 1.54) is 0 Å². The highest BCUT2D eigenvalue weighted by Crippen LogP contribution is 2.23. The first kappa shape index (κ1) is 15.0. The van der Waals surface area contributed by atoms with Crippen LogP contribution in [0.25, 0.3) is 0 Å². The summed E-state index contributed by atoms with van der Waals surface area (Å²) in [5.41, 5.74) is 4.35. The second-order valence-corrected chi connectivity index (χ2v) is 5.41. The molecular formula is C18H18O3. The molecule has 0 spiro atoms. The lowest BCUT2D eigenvalue weighted by Gasteiger charge is -2.13. The normalized spacial score (nSPS) is 10.5. The van der Waals surface area contributed by atoms with Crippen LogP contribution in [-0.4, -0.2) is 16.9 Å². The van der Waals surface area contributed by atoms with Crippen LogP contribution in [0.4, 0.5) is 0 Å². The van der Waals surface area contributed by atoms with E-state index in [0.717, 1.165) is 16.7 Å². The molecule has 0 aliphatic heterocycles. The molecule has 0 fully saturated rings. The molecule has 3 nitrogen and oxygen atoms in total. The minimum atomic E-state index is -1.07.